The van der Waals surface area contributed by atoms with Crippen LogP contribution < -0.4 is 5.32 Å². The first-order valence-corrected chi connectivity index (χ1v) is 9.90. The number of carbonyl (C=O) groups is 2. The van der Waals surface area contributed by atoms with E-state index in [4.69, 9.17) is 0 Å². The summed E-state index contributed by atoms with van der Waals surface area (Å²) in [5, 5.41) is 3.05. The minimum absolute atomic E-state index is 0.00908. The van der Waals surface area contributed by atoms with E-state index >= 15 is 0 Å². The average Bonchev–Trinajstić information content (AvgIpc) is 2.89. The normalized spacial score (nSPS) is 25.8. The summed E-state index contributed by atoms with van der Waals surface area (Å²) in [6.45, 7) is 16.0. The SMILES string of the molecule is CCN1CCN(CCN2C(=O)CCC2(C)C(=O)NCCC(C)C)CC1. The molecule has 0 aliphatic carbocycles. The van der Waals surface area contributed by atoms with Crippen molar-refractivity contribution in [2.45, 2.75) is 52.5 Å². The van der Waals surface area contributed by atoms with Gasteiger partial charge in [0.1, 0.15) is 5.54 Å². The van der Waals surface area contributed by atoms with Gasteiger partial charge in [0.25, 0.3) is 0 Å². The van der Waals surface area contributed by atoms with Gasteiger partial charge in [0.15, 0.2) is 0 Å². The standard InChI is InChI=1S/C19H36N4O2/c1-5-21-10-12-22(13-11-21)14-15-23-17(24)6-8-19(23,4)18(25)20-9-7-16(2)3/h16H,5-15H2,1-4H3,(H,20,25). The lowest BCUT2D eigenvalue weighted by atomic mass is 9.97. The highest BCUT2D eigenvalue weighted by molar-refractivity contribution is 5.94. The van der Waals surface area contributed by atoms with Crippen LogP contribution in [0.25, 0.3) is 0 Å². The molecular formula is C19H36N4O2. The molecule has 2 fully saturated rings. The number of likely N-dealkylation sites (tertiary alicyclic amines) is 1. The van der Waals surface area contributed by atoms with E-state index in [0.29, 0.717) is 31.8 Å². The second-order valence-corrected chi connectivity index (χ2v) is 8.03. The minimum atomic E-state index is -0.681. The molecule has 0 aromatic heterocycles. The Morgan fingerprint density at radius 3 is 2.40 bits per heavy atom. The number of carbonyl (C=O) groups excluding carboxylic acids is 2. The fourth-order valence-electron chi connectivity index (χ4n) is 3.74. The quantitative estimate of drug-likeness (QED) is 0.712. The van der Waals surface area contributed by atoms with E-state index in [1.54, 1.807) is 0 Å². The van der Waals surface area contributed by atoms with Gasteiger partial charge < -0.3 is 15.1 Å². The van der Waals surface area contributed by atoms with Crippen molar-refractivity contribution >= 4 is 11.8 Å². The van der Waals surface area contributed by atoms with Crippen LogP contribution in [0.15, 0.2) is 0 Å². The number of likely N-dealkylation sites (N-methyl/N-ethyl adjacent to an activating group) is 1. The molecule has 6 heteroatoms. The fraction of sp³-hybridized carbons (Fsp3) is 0.895. The average molecular weight is 353 g/mol. The molecule has 1 N–H and O–H groups in total. The topological polar surface area (TPSA) is 55.9 Å². The van der Waals surface area contributed by atoms with Crippen molar-refractivity contribution in [1.82, 2.24) is 20.0 Å². The van der Waals surface area contributed by atoms with E-state index in [9.17, 15) is 9.59 Å². The third-order valence-electron chi connectivity index (χ3n) is 5.77. The predicted molar refractivity (Wildman–Crippen MR) is 100 cm³/mol. The number of amides is 2. The van der Waals surface area contributed by atoms with Crippen LogP contribution in [0.1, 0.15) is 47.0 Å². The van der Waals surface area contributed by atoms with Crippen LogP contribution >= 0.6 is 0 Å². The third-order valence-corrected chi connectivity index (χ3v) is 5.77. The molecule has 2 saturated heterocycles. The second kappa shape index (κ2) is 8.99. The number of hydrogen-bond acceptors (Lipinski definition) is 4. The molecule has 144 valence electrons. The lowest BCUT2D eigenvalue weighted by Gasteiger charge is -2.38. The van der Waals surface area contributed by atoms with E-state index in [2.05, 4.69) is 35.9 Å². The summed E-state index contributed by atoms with van der Waals surface area (Å²) in [4.78, 5) is 31.8. The molecule has 0 saturated carbocycles. The maximum Gasteiger partial charge on any atom is 0.245 e. The Morgan fingerprint density at radius 2 is 1.80 bits per heavy atom. The molecule has 2 amide bonds. The Bertz CT molecular complexity index is 460. The number of nitrogens with one attached hydrogen (secondary N) is 1. The third kappa shape index (κ3) is 5.17. The summed E-state index contributed by atoms with van der Waals surface area (Å²) in [5.74, 6) is 0.694. The van der Waals surface area contributed by atoms with Crippen LogP contribution in [0.4, 0.5) is 0 Å². The van der Waals surface area contributed by atoms with E-state index in [1.165, 1.54) is 0 Å². The molecule has 0 bridgehead atoms. The van der Waals surface area contributed by atoms with Crippen LogP contribution in [-0.4, -0.2) is 84.4 Å². The van der Waals surface area contributed by atoms with Crippen LogP contribution in [0, 0.1) is 5.92 Å². The van der Waals surface area contributed by atoms with Gasteiger partial charge >= 0.3 is 0 Å². The van der Waals surface area contributed by atoms with Gasteiger partial charge in [-0.15, -0.1) is 0 Å². The summed E-state index contributed by atoms with van der Waals surface area (Å²) in [6, 6.07) is 0. The lowest BCUT2D eigenvalue weighted by Crippen LogP contribution is -2.57. The van der Waals surface area contributed by atoms with Crippen LogP contribution in [0.2, 0.25) is 0 Å². The Morgan fingerprint density at radius 1 is 1.16 bits per heavy atom. The first-order valence-electron chi connectivity index (χ1n) is 9.90. The van der Waals surface area contributed by atoms with E-state index in [-0.39, 0.29) is 11.8 Å². The largest absolute Gasteiger partial charge is 0.354 e. The fourth-order valence-corrected chi connectivity index (χ4v) is 3.74. The molecule has 6 nitrogen and oxygen atoms in total. The van der Waals surface area contributed by atoms with Crippen molar-refractivity contribution < 1.29 is 9.59 Å². The summed E-state index contributed by atoms with van der Waals surface area (Å²) in [5.41, 5.74) is -0.681. The van der Waals surface area contributed by atoms with Crippen molar-refractivity contribution in [1.29, 1.82) is 0 Å². The Labute approximate surface area is 152 Å². The number of piperazine rings is 1. The van der Waals surface area contributed by atoms with Crippen molar-refractivity contribution in [3.63, 3.8) is 0 Å². The number of hydrogen-bond donors (Lipinski definition) is 1. The molecule has 1 unspecified atom stereocenters. The van der Waals surface area contributed by atoms with Crippen LogP contribution in [-0.2, 0) is 9.59 Å². The molecular weight excluding hydrogens is 316 g/mol. The van der Waals surface area contributed by atoms with Gasteiger partial charge in [0.05, 0.1) is 0 Å². The molecule has 2 aliphatic rings. The Kier molecular flexibility index (Phi) is 7.25. The molecule has 0 radical (unpaired) electrons. The lowest BCUT2D eigenvalue weighted by molar-refractivity contribution is -0.140. The molecule has 0 spiro atoms. The summed E-state index contributed by atoms with van der Waals surface area (Å²) in [6.07, 6.45) is 2.08. The maximum atomic E-state index is 12.7. The zero-order chi connectivity index (χ0) is 18.4. The molecule has 1 atom stereocenters. The Balaban J connectivity index is 1.86. The monoisotopic (exact) mass is 352 g/mol. The smallest absolute Gasteiger partial charge is 0.245 e. The highest BCUT2D eigenvalue weighted by atomic mass is 16.2. The van der Waals surface area contributed by atoms with Crippen molar-refractivity contribution in [3.05, 3.63) is 0 Å². The van der Waals surface area contributed by atoms with Gasteiger partial charge in [-0.05, 0) is 32.2 Å². The molecule has 0 aromatic carbocycles. The molecule has 25 heavy (non-hydrogen) atoms. The number of rotatable bonds is 8. The molecule has 2 aliphatic heterocycles. The zero-order valence-corrected chi connectivity index (χ0v) is 16.5. The van der Waals surface area contributed by atoms with Gasteiger partial charge in [-0.25, -0.2) is 0 Å². The first kappa shape index (κ1) is 20.2. The highest BCUT2D eigenvalue weighted by Crippen LogP contribution is 2.30. The maximum absolute atomic E-state index is 12.7. The highest BCUT2D eigenvalue weighted by Gasteiger charge is 2.46. The summed E-state index contributed by atoms with van der Waals surface area (Å²) < 4.78 is 0. The predicted octanol–water partition coefficient (Wildman–Crippen LogP) is 1.17. The van der Waals surface area contributed by atoms with Gasteiger partial charge in [0.2, 0.25) is 11.8 Å². The van der Waals surface area contributed by atoms with Crippen molar-refractivity contribution in [2.75, 3.05) is 52.4 Å². The molecule has 0 aromatic rings. The van der Waals surface area contributed by atoms with E-state index in [0.717, 1.165) is 45.7 Å². The number of nitrogens with zero attached hydrogens (tertiary/aromatic N) is 3. The van der Waals surface area contributed by atoms with Crippen molar-refractivity contribution in [3.8, 4) is 0 Å². The summed E-state index contributed by atoms with van der Waals surface area (Å²) in [7, 11) is 0. The first-order chi connectivity index (χ1) is 11.9. The van der Waals surface area contributed by atoms with E-state index < -0.39 is 5.54 Å². The van der Waals surface area contributed by atoms with Gasteiger partial charge in [-0.2, -0.15) is 0 Å². The summed E-state index contributed by atoms with van der Waals surface area (Å²) >= 11 is 0. The Hall–Kier alpha value is -1.14. The zero-order valence-electron chi connectivity index (χ0n) is 16.5. The van der Waals surface area contributed by atoms with E-state index in [1.807, 2.05) is 11.8 Å². The molecule has 2 rings (SSSR count). The van der Waals surface area contributed by atoms with Gasteiger partial charge in [0, 0.05) is 52.2 Å². The van der Waals surface area contributed by atoms with Crippen molar-refractivity contribution in [2.24, 2.45) is 5.92 Å². The van der Waals surface area contributed by atoms with Gasteiger partial charge in [-0.1, -0.05) is 20.8 Å². The van der Waals surface area contributed by atoms with Crippen LogP contribution in [0.5, 0.6) is 0 Å². The minimum Gasteiger partial charge on any atom is -0.354 e. The second-order valence-electron chi connectivity index (χ2n) is 8.03. The molecule has 2 heterocycles. The van der Waals surface area contributed by atoms with Gasteiger partial charge in [-0.3, -0.25) is 14.5 Å². The van der Waals surface area contributed by atoms with Crippen LogP contribution in [0.3, 0.4) is 0 Å².